The quantitative estimate of drug-likeness (QED) is 0.752. The first-order chi connectivity index (χ1) is 13.4. The van der Waals surface area contributed by atoms with E-state index in [-0.39, 0.29) is 18.4 Å². The lowest BCUT2D eigenvalue weighted by atomic mass is 9.95. The summed E-state index contributed by atoms with van der Waals surface area (Å²) in [6.45, 7) is 2.29. The summed E-state index contributed by atoms with van der Waals surface area (Å²) < 4.78 is 15.7. The van der Waals surface area contributed by atoms with Gasteiger partial charge in [0.25, 0.3) is 0 Å². The number of hydrogen-bond donors (Lipinski definition) is 1. The van der Waals surface area contributed by atoms with Gasteiger partial charge in [0.15, 0.2) is 17.3 Å². The molecule has 2 heterocycles. The van der Waals surface area contributed by atoms with Crippen molar-refractivity contribution in [2.24, 2.45) is 11.7 Å². The number of hydrogen-bond acceptors (Lipinski definition) is 7. The zero-order valence-corrected chi connectivity index (χ0v) is 16.2. The fourth-order valence-corrected chi connectivity index (χ4v) is 3.46. The number of nitrogens with zero attached hydrogens (tertiary/aromatic N) is 3. The summed E-state index contributed by atoms with van der Waals surface area (Å²) in [5.74, 6) is 0.644. The van der Waals surface area contributed by atoms with E-state index in [1.165, 1.54) is 0 Å². The van der Waals surface area contributed by atoms with Crippen molar-refractivity contribution in [1.29, 1.82) is 0 Å². The topological polar surface area (TPSA) is 121 Å². The number of carbonyl (C=O) groups is 2. The highest BCUT2D eigenvalue weighted by Crippen LogP contribution is 2.32. The number of carbonyl (C=O) groups excluding carboxylic acids is 2. The number of amides is 2. The van der Waals surface area contributed by atoms with Crippen molar-refractivity contribution in [3.63, 3.8) is 0 Å². The summed E-state index contributed by atoms with van der Waals surface area (Å²) in [5.41, 5.74) is 6.49. The van der Waals surface area contributed by atoms with Gasteiger partial charge < -0.3 is 24.6 Å². The summed E-state index contributed by atoms with van der Waals surface area (Å²) in [7, 11) is 3.14. The SMILES string of the molecule is COc1ccc(CCC(=O)N2CC(C(N)=O)C(c3nc(C)no3)C2)cc1OC. The average molecular weight is 388 g/mol. The van der Waals surface area contributed by atoms with Crippen LogP contribution < -0.4 is 15.2 Å². The van der Waals surface area contributed by atoms with Crippen molar-refractivity contribution in [1.82, 2.24) is 15.0 Å². The minimum Gasteiger partial charge on any atom is -0.493 e. The zero-order chi connectivity index (χ0) is 20.3. The molecule has 0 radical (unpaired) electrons. The molecule has 0 bridgehead atoms. The molecule has 0 saturated carbocycles. The number of rotatable bonds is 7. The van der Waals surface area contributed by atoms with Crippen LogP contribution in [0.4, 0.5) is 0 Å². The molecule has 150 valence electrons. The van der Waals surface area contributed by atoms with Gasteiger partial charge in [-0.2, -0.15) is 4.98 Å². The third-order valence-electron chi connectivity index (χ3n) is 4.97. The van der Waals surface area contributed by atoms with E-state index in [0.29, 0.717) is 42.6 Å². The van der Waals surface area contributed by atoms with Crippen LogP contribution in [-0.2, 0) is 16.0 Å². The molecule has 9 nitrogen and oxygen atoms in total. The van der Waals surface area contributed by atoms with Crippen LogP contribution in [0.15, 0.2) is 22.7 Å². The number of aromatic nitrogens is 2. The smallest absolute Gasteiger partial charge is 0.232 e. The van der Waals surface area contributed by atoms with Crippen LogP contribution >= 0.6 is 0 Å². The summed E-state index contributed by atoms with van der Waals surface area (Å²) in [6, 6.07) is 5.56. The molecule has 2 aromatic rings. The average Bonchev–Trinajstić information content (AvgIpc) is 3.32. The van der Waals surface area contributed by atoms with Crippen LogP contribution in [-0.4, -0.2) is 54.2 Å². The van der Waals surface area contributed by atoms with Gasteiger partial charge in [-0.1, -0.05) is 11.2 Å². The van der Waals surface area contributed by atoms with Gasteiger partial charge in [0.1, 0.15) is 0 Å². The summed E-state index contributed by atoms with van der Waals surface area (Å²) in [6.07, 6.45) is 0.845. The predicted molar refractivity (Wildman–Crippen MR) is 98.9 cm³/mol. The Bertz CT molecular complexity index is 866. The number of likely N-dealkylation sites (tertiary alicyclic amines) is 1. The maximum Gasteiger partial charge on any atom is 0.232 e. The Morgan fingerprint density at radius 1 is 1.25 bits per heavy atom. The van der Waals surface area contributed by atoms with Crippen molar-refractivity contribution in [2.75, 3.05) is 27.3 Å². The van der Waals surface area contributed by atoms with Gasteiger partial charge in [-0.3, -0.25) is 9.59 Å². The van der Waals surface area contributed by atoms with E-state index in [9.17, 15) is 9.59 Å². The van der Waals surface area contributed by atoms with Crippen LogP contribution in [0.2, 0.25) is 0 Å². The molecular weight excluding hydrogens is 364 g/mol. The van der Waals surface area contributed by atoms with Gasteiger partial charge in [-0.25, -0.2) is 0 Å². The summed E-state index contributed by atoms with van der Waals surface area (Å²) in [5, 5.41) is 3.77. The highest BCUT2D eigenvalue weighted by molar-refractivity contribution is 5.82. The Kier molecular flexibility index (Phi) is 5.81. The Hall–Kier alpha value is -3.10. The number of nitrogens with two attached hydrogens (primary N) is 1. The lowest BCUT2D eigenvalue weighted by Gasteiger charge is -2.16. The molecular formula is C19H24N4O5. The number of methoxy groups -OCH3 is 2. The van der Waals surface area contributed by atoms with Crippen molar-refractivity contribution in [2.45, 2.75) is 25.7 Å². The first kappa shape index (κ1) is 19.7. The summed E-state index contributed by atoms with van der Waals surface area (Å²) >= 11 is 0. The largest absolute Gasteiger partial charge is 0.493 e. The first-order valence-electron chi connectivity index (χ1n) is 9.01. The third kappa shape index (κ3) is 4.08. The van der Waals surface area contributed by atoms with Crippen LogP contribution in [0.25, 0.3) is 0 Å². The van der Waals surface area contributed by atoms with Crippen molar-refractivity contribution in [3.8, 4) is 11.5 Å². The van der Waals surface area contributed by atoms with E-state index in [1.807, 2.05) is 18.2 Å². The van der Waals surface area contributed by atoms with Crippen LogP contribution in [0.3, 0.4) is 0 Å². The monoisotopic (exact) mass is 388 g/mol. The normalized spacial score (nSPS) is 18.9. The maximum atomic E-state index is 12.7. The molecule has 1 aliphatic rings. The highest BCUT2D eigenvalue weighted by atomic mass is 16.5. The Morgan fingerprint density at radius 3 is 2.61 bits per heavy atom. The first-order valence-corrected chi connectivity index (χ1v) is 9.01. The molecule has 2 atom stereocenters. The lowest BCUT2D eigenvalue weighted by Crippen LogP contribution is -2.32. The Morgan fingerprint density at radius 2 is 2.00 bits per heavy atom. The van der Waals surface area contributed by atoms with E-state index in [4.69, 9.17) is 19.7 Å². The molecule has 0 aliphatic carbocycles. The molecule has 9 heteroatoms. The molecule has 2 unspecified atom stereocenters. The number of primary amides is 1. The standard InChI is InChI=1S/C19H24N4O5/c1-11-21-19(28-22-11)14-10-23(9-13(14)18(20)25)17(24)7-5-12-4-6-15(26-2)16(8-12)27-3/h4,6,8,13-14H,5,7,9-10H2,1-3H3,(H2,20,25). The van der Waals surface area contributed by atoms with Crippen molar-refractivity contribution >= 4 is 11.8 Å². The molecule has 3 rings (SSSR count). The second-order valence-corrected chi connectivity index (χ2v) is 6.78. The lowest BCUT2D eigenvalue weighted by molar-refractivity contribution is -0.130. The van der Waals surface area contributed by atoms with Gasteiger partial charge in [0.05, 0.1) is 26.1 Å². The molecule has 2 amide bonds. The second kappa shape index (κ2) is 8.28. The molecule has 0 spiro atoms. The van der Waals surface area contributed by atoms with E-state index in [0.717, 1.165) is 5.56 Å². The van der Waals surface area contributed by atoms with E-state index in [2.05, 4.69) is 10.1 Å². The molecule has 1 fully saturated rings. The molecule has 2 N–H and O–H groups in total. The van der Waals surface area contributed by atoms with Gasteiger partial charge >= 0.3 is 0 Å². The summed E-state index contributed by atoms with van der Waals surface area (Å²) in [4.78, 5) is 30.4. The Balaban J connectivity index is 1.65. The molecule has 1 aromatic heterocycles. The number of aryl methyl sites for hydroxylation is 2. The number of benzene rings is 1. The van der Waals surface area contributed by atoms with Crippen molar-refractivity contribution in [3.05, 3.63) is 35.5 Å². The highest BCUT2D eigenvalue weighted by Gasteiger charge is 2.42. The Labute approximate surface area is 162 Å². The molecule has 1 saturated heterocycles. The van der Waals surface area contributed by atoms with E-state index < -0.39 is 11.8 Å². The molecule has 1 aliphatic heterocycles. The molecule has 28 heavy (non-hydrogen) atoms. The van der Waals surface area contributed by atoms with Crippen LogP contribution in [0.1, 0.15) is 29.6 Å². The maximum absolute atomic E-state index is 12.7. The van der Waals surface area contributed by atoms with E-state index >= 15 is 0 Å². The van der Waals surface area contributed by atoms with Crippen LogP contribution in [0.5, 0.6) is 11.5 Å². The molecule has 1 aromatic carbocycles. The predicted octanol–water partition coefficient (Wildman–Crippen LogP) is 1.06. The van der Waals surface area contributed by atoms with Gasteiger partial charge in [0.2, 0.25) is 17.7 Å². The minimum absolute atomic E-state index is 0.0558. The fourth-order valence-electron chi connectivity index (χ4n) is 3.46. The number of ether oxygens (including phenoxy) is 2. The zero-order valence-electron chi connectivity index (χ0n) is 16.2. The van der Waals surface area contributed by atoms with Crippen LogP contribution in [0, 0.1) is 12.8 Å². The van der Waals surface area contributed by atoms with Gasteiger partial charge in [-0.05, 0) is 31.0 Å². The van der Waals surface area contributed by atoms with Gasteiger partial charge in [-0.15, -0.1) is 0 Å². The van der Waals surface area contributed by atoms with E-state index in [1.54, 1.807) is 26.0 Å². The van der Waals surface area contributed by atoms with Crippen molar-refractivity contribution < 1.29 is 23.6 Å². The van der Waals surface area contributed by atoms with Gasteiger partial charge in [0, 0.05) is 19.5 Å². The minimum atomic E-state index is -0.537. The third-order valence-corrected chi connectivity index (χ3v) is 4.97. The fraction of sp³-hybridized carbons (Fsp3) is 0.474. The second-order valence-electron chi connectivity index (χ2n) is 6.78.